The van der Waals surface area contributed by atoms with Crippen molar-refractivity contribution in [1.29, 1.82) is 0 Å². The first-order chi connectivity index (χ1) is 8.79. The summed E-state index contributed by atoms with van der Waals surface area (Å²) in [6.07, 6.45) is -4.41. The molecule has 4 nitrogen and oxygen atoms in total. The van der Waals surface area contributed by atoms with Gasteiger partial charge in [-0.15, -0.1) is 0 Å². The molecule has 2 N–H and O–H groups in total. The molecule has 0 spiro atoms. The van der Waals surface area contributed by atoms with E-state index in [9.17, 15) is 13.2 Å². The van der Waals surface area contributed by atoms with Crippen molar-refractivity contribution in [1.82, 2.24) is 5.16 Å². The first-order valence-electron chi connectivity index (χ1n) is 5.40. The van der Waals surface area contributed by atoms with Crippen LogP contribution in [-0.2, 0) is 6.18 Å². The Bertz CT molecular complexity index is 590. The van der Waals surface area contributed by atoms with Crippen molar-refractivity contribution in [2.75, 3.05) is 24.7 Å². The summed E-state index contributed by atoms with van der Waals surface area (Å²) in [5, 5.41) is 3.66. The van der Waals surface area contributed by atoms with Crippen molar-refractivity contribution < 1.29 is 17.7 Å². The van der Waals surface area contributed by atoms with Crippen molar-refractivity contribution in [3.63, 3.8) is 0 Å². The van der Waals surface area contributed by atoms with Gasteiger partial charge < -0.3 is 15.2 Å². The SMILES string of the molecule is CN(C)c1ccc(C(F)(F)F)cc1-c1cc(N)on1. The van der Waals surface area contributed by atoms with Crippen LogP contribution in [0.1, 0.15) is 5.56 Å². The van der Waals surface area contributed by atoms with Gasteiger partial charge in [0.2, 0.25) is 5.88 Å². The topological polar surface area (TPSA) is 55.3 Å². The monoisotopic (exact) mass is 271 g/mol. The van der Waals surface area contributed by atoms with Gasteiger partial charge in [-0.05, 0) is 18.2 Å². The summed E-state index contributed by atoms with van der Waals surface area (Å²) >= 11 is 0. The maximum absolute atomic E-state index is 12.7. The molecule has 0 aliphatic rings. The highest BCUT2D eigenvalue weighted by Gasteiger charge is 2.31. The molecule has 1 aromatic heterocycles. The first kappa shape index (κ1) is 13.3. The molecule has 0 atom stereocenters. The van der Waals surface area contributed by atoms with Crippen LogP contribution in [0.15, 0.2) is 28.8 Å². The van der Waals surface area contributed by atoms with Crippen LogP contribution in [0, 0.1) is 0 Å². The van der Waals surface area contributed by atoms with E-state index in [1.54, 1.807) is 19.0 Å². The predicted octanol–water partition coefficient (Wildman–Crippen LogP) is 3.01. The number of aromatic nitrogens is 1. The molecule has 0 aliphatic heterocycles. The first-order valence-corrected chi connectivity index (χ1v) is 5.40. The van der Waals surface area contributed by atoms with Crippen LogP contribution in [0.25, 0.3) is 11.3 Å². The number of nitrogens with zero attached hydrogens (tertiary/aromatic N) is 2. The summed E-state index contributed by atoms with van der Waals surface area (Å²) < 4.78 is 42.9. The minimum atomic E-state index is -4.41. The fraction of sp³-hybridized carbons (Fsp3) is 0.250. The zero-order chi connectivity index (χ0) is 14.2. The number of nitrogen functional groups attached to an aromatic ring is 1. The lowest BCUT2D eigenvalue weighted by atomic mass is 10.0. The van der Waals surface area contributed by atoms with Crippen molar-refractivity contribution in [3.05, 3.63) is 29.8 Å². The molecule has 0 saturated carbocycles. The number of hydrogen-bond acceptors (Lipinski definition) is 4. The van der Waals surface area contributed by atoms with Crippen LogP contribution in [0.2, 0.25) is 0 Å². The lowest BCUT2D eigenvalue weighted by Gasteiger charge is -2.18. The highest BCUT2D eigenvalue weighted by atomic mass is 19.4. The van der Waals surface area contributed by atoms with Gasteiger partial charge in [0.05, 0.1) is 5.56 Å². The second kappa shape index (κ2) is 4.49. The molecule has 2 rings (SSSR count). The number of nitrogens with two attached hydrogens (primary N) is 1. The number of benzene rings is 1. The summed E-state index contributed by atoms with van der Waals surface area (Å²) in [6.45, 7) is 0. The highest BCUT2D eigenvalue weighted by Crippen LogP contribution is 2.36. The lowest BCUT2D eigenvalue weighted by Crippen LogP contribution is -2.12. The van der Waals surface area contributed by atoms with E-state index in [2.05, 4.69) is 5.16 Å². The van der Waals surface area contributed by atoms with Crippen LogP contribution < -0.4 is 10.6 Å². The third-order valence-corrected chi connectivity index (χ3v) is 2.61. The zero-order valence-electron chi connectivity index (χ0n) is 10.3. The van der Waals surface area contributed by atoms with Crippen molar-refractivity contribution in [3.8, 4) is 11.3 Å². The van der Waals surface area contributed by atoms with E-state index in [1.807, 2.05) is 0 Å². The Balaban J connectivity index is 2.61. The smallest absolute Gasteiger partial charge is 0.377 e. The second-order valence-corrected chi connectivity index (χ2v) is 4.24. The van der Waals surface area contributed by atoms with E-state index >= 15 is 0 Å². The van der Waals surface area contributed by atoms with Gasteiger partial charge in [-0.1, -0.05) is 5.16 Å². The summed E-state index contributed by atoms with van der Waals surface area (Å²) in [5.41, 5.74) is 5.85. The van der Waals surface area contributed by atoms with Gasteiger partial charge in [-0.25, -0.2) is 0 Å². The fourth-order valence-electron chi connectivity index (χ4n) is 1.72. The molecule has 0 unspecified atom stereocenters. The average molecular weight is 271 g/mol. The summed E-state index contributed by atoms with van der Waals surface area (Å²) in [6, 6.07) is 4.85. The van der Waals surface area contributed by atoms with Crippen molar-refractivity contribution >= 4 is 11.6 Å². The van der Waals surface area contributed by atoms with E-state index in [1.165, 1.54) is 12.1 Å². The van der Waals surface area contributed by atoms with Gasteiger partial charge in [-0.2, -0.15) is 13.2 Å². The molecule has 0 bridgehead atoms. The van der Waals surface area contributed by atoms with Crippen LogP contribution >= 0.6 is 0 Å². The number of halogens is 3. The lowest BCUT2D eigenvalue weighted by molar-refractivity contribution is -0.137. The summed E-state index contributed by atoms with van der Waals surface area (Å²) in [5.74, 6) is 0.0529. The molecule has 102 valence electrons. The Morgan fingerprint density at radius 1 is 1.21 bits per heavy atom. The molecular formula is C12H12F3N3O. The maximum atomic E-state index is 12.7. The predicted molar refractivity (Wildman–Crippen MR) is 65.7 cm³/mol. The maximum Gasteiger partial charge on any atom is 0.416 e. The minimum absolute atomic E-state index is 0.0529. The number of rotatable bonds is 2. The number of anilines is 2. The molecule has 0 fully saturated rings. The molecule has 1 aromatic carbocycles. The minimum Gasteiger partial charge on any atom is -0.377 e. The second-order valence-electron chi connectivity index (χ2n) is 4.24. The Kier molecular flexibility index (Phi) is 3.13. The van der Waals surface area contributed by atoms with E-state index < -0.39 is 11.7 Å². The molecule has 2 aromatic rings. The number of alkyl halides is 3. The van der Waals surface area contributed by atoms with E-state index in [-0.39, 0.29) is 11.6 Å². The van der Waals surface area contributed by atoms with Gasteiger partial charge >= 0.3 is 6.18 Å². The van der Waals surface area contributed by atoms with E-state index in [4.69, 9.17) is 10.3 Å². The van der Waals surface area contributed by atoms with Gasteiger partial charge in [0.1, 0.15) is 5.69 Å². The Hall–Kier alpha value is -2.18. The molecule has 0 saturated heterocycles. The zero-order valence-corrected chi connectivity index (χ0v) is 10.3. The van der Waals surface area contributed by atoms with Crippen LogP contribution in [0.3, 0.4) is 0 Å². The molecule has 1 heterocycles. The summed E-state index contributed by atoms with van der Waals surface area (Å²) in [4.78, 5) is 1.69. The molecule has 0 amide bonds. The number of hydrogen-bond donors (Lipinski definition) is 1. The van der Waals surface area contributed by atoms with Gasteiger partial charge in [0.15, 0.2) is 0 Å². The van der Waals surface area contributed by atoms with Crippen LogP contribution in [-0.4, -0.2) is 19.3 Å². The van der Waals surface area contributed by atoms with Crippen LogP contribution in [0.5, 0.6) is 0 Å². The average Bonchev–Trinajstić information content (AvgIpc) is 2.73. The van der Waals surface area contributed by atoms with E-state index in [0.717, 1.165) is 12.1 Å². The summed E-state index contributed by atoms with van der Waals surface area (Å²) in [7, 11) is 3.46. The standard InChI is InChI=1S/C12H12F3N3O/c1-18(2)10-4-3-7(12(13,14)15)5-8(10)9-6-11(16)19-17-9/h3-6H,16H2,1-2H3. The normalized spacial score (nSPS) is 11.6. The molecule has 19 heavy (non-hydrogen) atoms. The van der Waals surface area contributed by atoms with Gasteiger partial charge in [0, 0.05) is 31.4 Å². The van der Waals surface area contributed by atoms with E-state index in [0.29, 0.717) is 11.3 Å². The largest absolute Gasteiger partial charge is 0.416 e. The van der Waals surface area contributed by atoms with Gasteiger partial charge in [-0.3, -0.25) is 0 Å². The highest BCUT2D eigenvalue weighted by molar-refractivity contribution is 5.77. The quantitative estimate of drug-likeness (QED) is 0.912. The third-order valence-electron chi connectivity index (χ3n) is 2.61. The molecule has 7 heteroatoms. The molecule has 0 radical (unpaired) electrons. The van der Waals surface area contributed by atoms with Crippen molar-refractivity contribution in [2.24, 2.45) is 0 Å². The Morgan fingerprint density at radius 3 is 2.37 bits per heavy atom. The van der Waals surface area contributed by atoms with Crippen molar-refractivity contribution in [2.45, 2.75) is 6.18 Å². The third kappa shape index (κ3) is 2.64. The van der Waals surface area contributed by atoms with Gasteiger partial charge in [0.25, 0.3) is 0 Å². The fourth-order valence-corrected chi connectivity index (χ4v) is 1.72. The Labute approximate surface area is 107 Å². The van der Waals surface area contributed by atoms with Crippen LogP contribution in [0.4, 0.5) is 24.7 Å². The molecular weight excluding hydrogens is 259 g/mol. The molecule has 0 aliphatic carbocycles. The Morgan fingerprint density at radius 2 is 1.89 bits per heavy atom.